The Morgan fingerprint density at radius 3 is 2.40 bits per heavy atom. The van der Waals surface area contributed by atoms with Crippen molar-refractivity contribution in [2.75, 3.05) is 4.90 Å². The Morgan fingerprint density at radius 1 is 0.929 bits per heavy atom. The smallest absolute Gasteiger partial charge is 0.269 e. The molecule has 9 nitrogen and oxygen atoms in total. The van der Waals surface area contributed by atoms with Gasteiger partial charge < -0.3 is 5.11 Å². The van der Waals surface area contributed by atoms with Crippen molar-refractivity contribution in [3.8, 4) is 5.75 Å². The monoisotopic (exact) mass is 624 g/mol. The lowest BCUT2D eigenvalue weighted by Gasteiger charge is -2.42. The number of ketones is 2. The fourth-order valence-electron chi connectivity index (χ4n) is 7.10. The minimum Gasteiger partial charge on any atom is -0.508 e. The highest BCUT2D eigenvalue weighted by Crippen LogP contribution is 2.57. The van der Waals surface area contributed by atoms with Crippen LogP contribution in [0.2, 0.25) is 0 Å². The summed E-state index contributed by atoms with van der Waals surface area (Å²) in [6.45, 7) is 0. The number of aromatic hydroxyl groups is 1. The van der Waals surface area contributed by atoms with E-state index in [-0.39, 0.29) is 57.2 Å². The molecular weight excluding hydrogens is 604 g/mol. The zero-order valence-electron chi connectivity index (χ0n) is 21.8. The van der Waals surface area contributed by atoms with E-state index in [0.717, 1.165) is 15.9 Å². The van der Waals surface area contributed by atoms with Crippen molar-refractivity contribution in [1.82, 2.24) is 0 Å². The lowest BCUT2D eigenvalue weighted by Crippen LogP contribution is -2.39. The SMILES string of the molecule is O=C1C=C(Br)C(=O)C2=C1C(c1c(O)ccc3ccccc13)C1=CCC3C(=O)N(c4ccc([N+](=O)[O-])cc4)C(=O)C3C1C2. The summed E-state index contributed by atoms with van der Waals surface area (Å²) in [5.74, 6) is -4.50. The molecule has 1 saturated heterocycles. The number of imide groups is 1. The summed E-state index contributed by atoms with van der Waals surface area (Å²) < 4.78 is 0.119. The molecule has 208 valence electrons. The van der Waals surface area contributed by atoms with Gasteiger partial charge in [0.1, 0.15) is 5.75 Å². The van der Waals surface area contributed by atoms with Gasteiger partial charge in [0.05, 0.1) is 26.9 Å². The number of carbonyl (C=O) groups is 4. The minimum atomic E-state index is -0.811. The van der Waals surface area contributed by atoms with Crippen LogP contribution in [0.5, 0.6) is 5.75 Å². The molecule has 7 rings (SSSR count). The summed E-state index contributed by atoms with van der Waals surface area (Å²) in [7, 11) is 0. The molecule has 4 unspecified atom stereocenters. The molecule has 0 radical (unpaired) electrons. The molecule has 3 aromatic rings. The molecule has 2 amide bonds. The number of halogens is 1. The fraction of sp³-hybridized carbons (Fsp3) is 0.188. The lowest BCUT2D eigenvalue weighted by molar-refractivity contribution is -0.384. The molecule has 3 aliphatic carbocycles. The number of benzene rings is 3. The number of phenolic OH excluding ortho intramolecular Hbond substituents is 1. The van der Waals surface area contributed by atoms with E-state index in [2.05, 4.69) is 15.9 Å². The molecule has 3 aromatic carbocycles. The number of nitro benzene ring substituents is 1. The van der Waals surface area contributed by atoms with Gasteiger partial charge in [-0.2, -0.15) is 0 Å². The van der Waals surface area contributed by atoms with Gasteiger partial charge in [0, 0.05) is 40.8 Å². The Morgan fingerprint density at radius 2 is 1.67 bits per heavy atom. The van der Waals surface area contributed by atoms with E-state index in [1.807, 2.05) is 30.3 Å². The van der Waals surface area contributed by atoms with E-state index >= 15 is 0 Å². The Kier molecular flexibility index (Phi) is 5.88. The molecule has 42 heavy (non-hydrogen) atoms. The number of Topliss-reactive ketones (excluding diaryl/α,β-unsaturated/α-hetero) is 1. The summed E-state index contributed by atoms with van der Waals surface area (Å²) in [4.78, 5) is 66.3. The van der Waals surface area contributed by atoms with Crippen LogP contribution in [0.25, 0.3) is 10.8 Å². The van der Waals surface area contributed by atoms with Crippen LogP contribution in [0.3, 0.4) is 0 Å². The van der Waals surface area contributed by atoms with Crippen molar-refractivity contribution >= 4 is 61.5 Å². The van der Waals surface area contributed by atoms with Gasteiger partial charge in [-0.3, -0.25) is 34.2 Å². The van der Waals surface area contributed by atoms with Crippen LogP contribution in [-0.4, -0.2) is 33.4 Å². The van der Waals surface area contributed by atoms with E-state index in [1.165, 1.54) is 30.3 Å². The van der Waals surface area contributed by atoms with Gasteiger partial charge >= 0.3 is 0 Å². The molecular formula is C32H21BrN2O7. The third-order valence-corrected chi connectivity index (χ3v) is 9.48. The van der Waals surface area contributed by atoms with E-state index < -0.39 is 40.4 Å². The first kappa shape index (κ1) is 26.2. The molecule has 1 aliphatic heterocycles. The Balaban J connectivity index is 1.39. The number of fused-ring (bicyclic) bond motifs is 4. The van der Waals surface area contributed by atoms with Crippen LogP contribution >= 0.6 is 15.9 Å². The topological polar surface area (TPSA) is 135 Å². The van der Waals surface area contributed by atoms with Crippen LogP contribution in [0, 0.1) is 27.9 Å². The quantitative estimate of drug-likeness (QED) is 0.135. The van der Waals surface area contributed by atoms with E-state index in [0.29, 0.717) is 10.9 Å². The molecule has 10 heteroatoms. The standard InChI is InChI=1S/C32H21BrN2O7/c33-23-14-25(37)28-22(30(23)38)13-21-19(29(28)27-18-4-2-1-3-15(18)5-12-24(27)36)10-11-20-26(21)32(40)34(31(20)39)16-6-8-17(9-7-16)35(41)42/h1-10,12,14,20-21,26,29,36H,11,13H2. The van der Waals surface area contributed by atoms with Gasteiger partial charge in [0.2, 0.25) is 11.8 Å². The average molecular weight is 625 g/mol. The van der Waals surface area contributed by atoms with Crippen molar-refractivity contribution in [2.24, 2.45) is 17.8 Å². The first-order chi connectivity index (χ1) is 20.2. The van der Waals surface area contributed by atoms with E-state index in [1.54, 1.807) is 12.1 Å². The summed E-state index contributed by atoms with van der Waals surface area (Å²) >= 11 is 3.22. The number of carbonyl (C=O) groups excluding carboxylic acids is 4. The van der Waals surface area contributed by atoms with Crippen molar-refractivity contribution in [3.63, 3.8) is 0 Å². The largest absolute Gasteiger partial charge is 0.508 e. The van der Waals surface area contributed by atoms with Gasteiger partial charge in [-0.25, -0.2) is 0 Å². The fourth-order valence-corrected chi connectivity index (χ4v) is 7.55. The lowest BCUT2D eigenvalue weighted by atomic mass is 9.59. The number of nitrogens with zero attached hydrogens (tertiary/aromatic N) is 2. The number of anilines is 1. The normalized spacial score (nSPS) is 25.2. The highest BCUT2D eigenvalue weighted by molar-refractivity contribution is 9.12. The average Bonchev–Trinajstić information content (AvgIpc) is 3.24. The number of phenols is 1. The summed E-state index contributed by atoms with van der Waals surface area (Å²) in [6, 6.07) is 16.0. The number of amides is 2. The maximum absolute atomic E-state index is 14.0. The second-order valence-corrected chi connectivity index (χ2v) is 11.8. The van der Waals surface area contributed by atoms with Gasteiger partial charge in [-0.05, 0) is 63.7 Å². The predicted octanol–water partition coefficient (Wildman–Crippen LogP) is 5.42. The van der Waals surface area contributed by atoms with Gasteiger partial charge in [0.25, 0.3) is 5.69 Å². The number of non-ortho nitro benzene ring substituents is 1. The first-order valence-corrected chi connectivity index (χ1v) is 14.2. The van der Waals surface area contributed by atoms with Gasteiger partial charge in [-0.15, -0.1) is 0 Å². The number of hydrogen-bond donors (Lipinski definition) is 1. The summed E-state index contributed by atoms with van der Waals surface area (Å²) in [6.07, 6.45) is 3.46. The van der Waals surface area contributed by atoms with E-state index in [9.17, 15) is 34.4 Å². The van der Waals surface area contributed by atoms with Gasteiger partial charge in [0.15, 0.2) is 11.6 Å². The summed E-state index contributed by atoms with van der Waals surface area (Å²) in [5, 5.41) is 23.9. The molecule has 0 saturated carbocycles. The van der Waals surface area contributed by atoms with E-state index in [4.69, 9.17) is 0 Å². The molecule has 1 fully saturated rings. The molecule has 0 spiro atoms. The Labute approximate surface area is 247 Å². The predicted molar refractivity (Wildman–Crippen MR) is 156 cm³/mol. The molecule has 4 atom stereocenters. The van der Waals surface area contributed by atoms with Crippen molar-refractivity contribution in [1.29, 1.82) is 0 Å². The van der Waals surface area contributed by atoms with Crippen LogP contribution in [0.15, 0.2) is 94.0 Å². The Hall–Kier alpha value is -4.70. The van der Waals surface area contributed by atoms with Crippen LogP contribution in [-0.2, 0) is 19.2 Å². The number of nitro groups is 1. The van der Waals surface area contributed by atoms with Crippen molar-refractivity contribution in [3.05, 3.63) is 110 Å². The molecule has 0 bridgehead atoms. The highest BCUT2D eigenvalue weighted by atomic mass is 79.9. The number of allylic oxidation sites excluding steroid dienone is 6. The van der Waals surface area contributed by atoms with Crippen LogP contribution < -0.4 is 4.90 Å². The Bertz CT molecular complexity index is 1890. The second kappa shape index (κ2) is 9.42. The highest BCUT2D eigenvalue weighted by Gasteiger charge is 2.57. The third kappa shape index (κ3) is 3.68. The number of hydrogen-bond acceptors (Lipinski definition) is 7. The second-order valence-electron chi connectivity index (χ2n) is 10.9. The maximum Gasteiger partial charge on any atom is 0.269 e. The van der Waals surface area contributed by atoms with Crippen LogP contribution in [0.4, 0.5) is 11.4 Å². The number of rotatable bonds is 3. The summed E-state index contributed by atoms with van der Waals surface area (Å²) in [5.41, 5.74) is 1.82. The molecule has 1 N–H and O–H groups in total. The first-order valence-electron chi connectivity index (χ1n) is 13.4. The molecule has 4 aliphatic rings. The maximum atomic E-state index is 14.0. The zero-order chi connectivity index (χ0) is 29.4. The third-order valence-electron chi connectivity index (χ3n) is 8.89. The molecule has 0 aromatic heterocycles. The minimum absolute atomic E-state index is 0.0376. The zero-order valence-corrected chi connectivity index (χ0v) is 23.4. The van der Waals surface area contributed by atoms with Crippen LogP contribution in [0.1, 0.15) is 24.3 Å². The molecule has 1 heterocycles. The van der Waals surface area contributed by atoms with Gasteiger partial charge in [-0.1, -0.05) is 42.0 Å². The van der Waals surface area contributed by atoms with Crippen molar-refractivity contribution < 1.29 is 29.2 Å². The van der Waals surface area contributed by atoms with Crippen molar-refractivity contribution in [2.45, 2.75) is 18.8 Å².